The second-order valence-corrected chi connectivity index (χ2v) is 4.76. The summed E-state index contributed by atoms with van der Waals surface area (Å²) in [4.78, 5) is 23.0. The predicted molar refractivity (Wildman–Crippen MR) is 81.3 cm³/mol. The minimum absolute atomic E-state index is 0.0108. The van der Waals surface area contributed by atoms with E-state index in [1.54, 1.807) is 18.2 Å². The number of esters is 2. The van der Waals surface area contributed by atoms with Crippen LogP contribution in [0.15, 0.2) is 36.4 Å². The Bertz CT molecular complexity index is 497. The summed E-state index contributed by atoms with van der Waals surface area (Å²) in [5.41, 5.74) is 0. The van der Waals surface area contributed by atoms with Gasteiger partial charge in [0.1, 0.15) is 5.75 Å². The van der Waals surface area contributed by atoms with Crippen molar-refractivity contribution in [2.75, 3.05) is 6.61 Å². The zero-order valence-electron chi connectivity index (χ0n) is 12.0. The molecule has 0 bridgehead atoms. The molecule has 0 aliphatic carbocycles. The van der Waals surface area contributed by atoms with Crippen LogP contribution in [0.3, 0.4) is 0 Å². The second kappa shape index (κ2) is 10.00. The quantitative estimate of drug-likeness (QED) is 0.316. The minimum Gasteiger partial charge on any atom is -0.465 e. The molecule has 1 rings (SSSR count). The lowest BCUT2D eigenvalue weighted by atomic mass is 10.3. The van der Waals surface area contributed by atoms with Gasteiger partial charge in [0.2, 0.25) is 0 Å². The summed E-state index contributed by atoms with van der Waals surface area (Å²) < 4.78 is 10.1. The molecule has 0 aliphatic rings. The van der Waals surface area contributed by atoms with Gasteiger partial charge in [-0.15, -0.1) is 0 Å². The summed E-state index contributed by atoms with van der Waals surface area (Å²) in [5, 5.41) is 0.486. The number of ether oxygens (including phenoxy) is 2. The maximum atomic E-state index is 11.6. The summed E-state index contributed by atoms with van der Waals surface area (Å²) in [6.07, 6.45) is 5.61. The number of benzene rings is 1. The molecule has 1 aromatic carbocycles. The van der Waals surface area contributed by atoms with Gasteiger partial charge in [-0.3, -0.25) is 9.59 Å². The molecule has 0 spiro atoms. The number of carbonyl (C=O) groups is 2. The van der Waals surface area contributed by atoms with Crippen molar-refractivity contribution in [2.45, 2.75) is 32.6 Å². The lowest BCUT2D eigenvalue weighted by Crippen LogP contribution is -2.12. The summed E-state index contributed by atoms with van der Waals surface area (Å²) in [6, 6.07) is 6.53. The summed E-state index contributed by atoms with van der Waals surface area (Å²) >= 11 is 5.78. The first-order chi connectivity index (χ1) is 10.1. The molecule has 5 heteroatoms. The number of carbonyl (C=O) groups excluding carboxylic acids is 2. The third-order valence-electron chi connectivity index (χ3n) is 2.51. The van der Waals surface area contributed by atoms with Crippen LogP contribution < -0.4 is 4.74 Å². The van der Waals surface area contributed by atoms with Crippen LogP contribution in [0.5, 0.6) is 5.75 Å². The first-order valence-corrected chi connectivity index (χ1v) is 7.26. The van der Waals surface area contributed by atoms with Crippen molar-refractivity contribution in [1.29, 1.82) is 0 Å². The third-order valence-corrected chi connectivity index (χ3v) is 2.75. The maximum Gasteiger partial charge on any atom is 0.311 e. The van der Waals surface area contributed by atoms with E-state index in [0.29, 0.717) is 23.8 Å². The molecule has 0 aliphatic heterocycles. The van der Waals surface area contributed by atoms with Crippen LogP contribution in [0, 0.1) is 0 Å². The zero-order valence-corrected chi connectivity index (χ0v) is 12.8. The highest BCUT2D eigenvalue weighted by Gasteiger charge is 2.10. The van der Waals surface area contributed by atoms with Crippen LogP contribution in [0.1, 0.15) is 32.6 Å². The zero-order chi connectivity index (χ0) is 15.5. The van der Waals surface area contributed by atoms with E-state index in [0.717, 1.165) is 6.42 Å². The van der Waals surface area contributed by atoms with Gasteiger partial charge >= 0.3 is 11.9 Å². The van der Waals surface area contributed by atoms with Gasteiger partial charge in [-0.05, 0) is 31.0 Å². The van der Waals surface area contributed by atoms with Crippen molar-refractivity contribution in [3.8, 4) is 5.75 Å². The molecule has 21 heavy (non-hydrogen) atoms. The first kappa shape index (κ1) is 17.2. The molecule has 1 aromatic rings. The standard InChI is InChI=1S/C16H19ClO4/c1-2-3-4-5-11-20-15(18)9-10-16(19)21-14-8-6-7-13(17)12-14/h3-4,6-8,12H,2,5,9-11H2,1H3/b4-3+. The Labute approximate surface area is 129 Å². The Hall–Kier alpha value is -1.81. The third kappa shape index (κ3) is 8.15. The fourth-order valence-corrected chi connectivity index (χ4v) is 1.69. The van der Waals surface area contributed by atoms with E-state index < -0.39 is 11.9 Å². The molecule has 0 saturated carbocycles. The van der Waals surface area contributed by atoms with E-state index >= 15 is 0 Å². The Morgan fingerprint density at radius 1 is 1.19 bits per heavy atom. The highest BCUT2D eigenvalue weighted by molar-refractivity contribution is 6.30. The Morgan fingerprint density at radius 2 is 1.95 bits per heavy atom. The molecule has 114 valence electrons. The number of rotatable bonds is 8. The monoisotopic (exact) mass is 310 g/mol. The molecule has 0 fully saturated rings. The van der Waals surface area contributed by atoms with Crippen LogP contribution in [-0.2, 0) is 14.3 Å². The van der Waals surface area contributed by atoms with E-state index in [-0.39, 0.29) is 12.8 Å². The number of hydrogen-bond acceptors (Lipinski definition) is 4. The summed E-state index contributed by atoms with van der Waals surface area (Å²) in [5.74, 6) is -0.520. The van der Waals surface area contributed by atoms with Crippen LogP contribution in [0.2, 0.25) is 5.02 Å². The first-order valence-electron chi connectivity index (χ1n) is 6.88. The average Bonchev–Trinajstić information content (AvgIpc) is 2.45. The summed E-state index contributed by atoms with van der Waals surface area (Å²) in [7, 11) is 0. The number of halogens is 1. The Morgan fingerprint density at radius 3 is 2.67 bits per heavy atom. The highest BCUT2D eigenvalue weighted by Crippen LogP contribution is 2.17. The SMILES string of the molecule is CC/C=C/CCOC(=O)CCC(=O)Oc1cccc(Cl)c1. The van der Waals surface area contributed by atoms with Crippen LogP contribution in [0.25, 0.3) is 0 Å². The highest BCUT2D eigenvalue weighted by atomic mass is 35.5. The van der Waals surface area contributed by atoms with Gasteiger partial charge in [0.15, 0.2) is 0 Å². The fraction of sp³-hybridized carbons (Fsp3) is 0.375. The fourth-order valence-electron chi connectivity index (χ4n) is 1.51. The van der Waals surface area contributed by atoms with Crippen molar-refractivity contribution >= 4 is 23.5 Å². The van der Waals surface area contributed by atoms with Crippen LogP contribution >= 0.6 is 11.6 Å². The van der Waals surface area contributed by atoms with Crippen molar-refractivity contribution in [3.63, 3.8) is 0 Å². The van der Waals surface area contributed by atoms with E-state index in [2.05, 4.69) is 0 Å². The number of allylic oxidation sites excluding steroid dienone is 1. The molecule has 0 saturated heterocycles. The maximum absolute atomic E-state index is 11.6. The normalized spacial score (nSPS) is 10.6. The van der Waals surface area contributed by atoms with Gasteiger partial charge < -0.3 is 9.47 Å². The van der Waals surface area contributed by atoms with Crippen molar-refractivity contribution < 1.29 is 19.1 Å². The molecule has 0 aromatic heterocycles. The van der Waals surface area contributed by atoms with E-state index in [1.165, 1.54) is 6.07 Å². The van der Waals surface area contributed by atoms with Gasteiger partial charge in [0.25, 0.3) is 0 Å². The Kier molecular flexibility index (Phi) is 8.21. The smallest absolute Gasteiger partial charge is 0.311 e. The molecule has 0 N–H and O–H groups in total. The lowest BCUT2D eigenvalue weighted by molar-refractivity contribution is -0.146. The molecule has 0 amide bonds. The molecular weight excluding hydrogens is 292 g/mol. The molecular formula is C16H19ClO4. The largest absolute Gasteiger partial charge is 0.465 e. The van der Waals surface area contributed by atoms with Gasteiger partial charge in [0.05, 0.1) is 19.4 Å². The molecule has 4 nitrogen and oxygen atoms in total. The van der Waals surface area contributed by atoms with E-state index in [1.807, 2.05) is 19.1 Å². The van der Waals surface area contributed by atoms with Crippen LogP contribution in [0.4, 0.5) is 0 Å². The molecule has 0 heterocycles. The van der Waals surface area contributed by atoms with E-state index in [9.17, 15) is 9.59 Å². The van der Waals surface area contributed by atoms with Crippen LogP contribution in [-0.4, -0.2) is 18.5 Å². The number of hydrogen-bond donors (Lipinski definition) is 0. The average molecular weight is 311 g/mol. The van der Waals surface area contributed by atoms with Crippen molar-refractivity contribution in [2.24, 2.45) is 0 Å². The molecule has 0 unspecified atom stereocenters. The topological polar surface area (TPSA) is 52.6 Å². The van der Waals surface area contributed by atoms with Gasteiger partial charge in [0, 0.05) is 5.02 Å². The second-order valence-electron chi connectivity index (χ2n) is 4.32. The predicted octanol–water partition coefficient (Wildman–Crippen LogP) is 3.93. The molecule has 0 radical (unpaired) electrons. The minimum atomic E-state index is -0.486. The van der Waals surface area contributed by atoms with Crippen molar-refractivity contribution in [1.82, 2.24) is 0 Å². The van der Waals surface area contributed by atoms with Gasteiger partial charge in [-0.25, -0.2) is 0 Å². The van der Waals surface area contributed by atoms with E-state index in [4.69, 9.17) is 21.1 Å². The molecule has 0 atom stereocenters. The summed E-state index contributed by atoms with van der Waals surface area (Å²) in [6.45, 7) is 2.37. The Balaban J connectivity index is 2.20. The lowest BCUT2D eigenvalue weighted by Gasteiger charge is -2.05. The van der Waals surface area contributed by atoms with Crippen molar-refractivity contribution in [3.05, 3.63) is 41.4 Å². The van der Waals surface area contributed by atoms with Gasteiger partial charge in [-0.1, -0.05) is 36.7 Å². The van der Waals surface area contributed by atoms with Gasteiger partial charge in [-0.2, -0.15) is 0 Å².